The normalized spacial score (nSPS) is 16.9. The van der Waals surface area contributed by atoms with Crippen molar-refractivity contribution in [1.29, 1.82) is 0 Å². The minimum Gasteiger partial charge on any atom is -0.369 e. The van der Waals surface area contributed by atoms with Crippen LogP contribution in [-0.4, -0.2) is 51.4 Å². The summed E-state index contributed by atoms with van der Waals surface area (Å²) in [5.74, 6) is -0.106. The predicted molar refractivity (Wildman–Crippen MR) is 135 cm³/mol. The molecule has 2 heterocycles. The Balaban J connectivity index is 1.34. The highest BCUT2D eigenvalue weighted by molar-refractivity contribution is 7.89. The number of para-hydroxylation sites is 1. The van der Waals surface area contributed by atoms with E-state index in [4.69, 9.17) is 11.6 Å². The lowest BCUT2D eigenvalue weighted by Crippen LogP contribution is -2.48. The number of nitrogens with zero attached hydrogens (tertiary/aromatic N) is 3. The molecule has 0 unspecified atom stereocenters. The van der Waals surface area contributed by atoms with Crippen LogP contribution in [-0.2, 0) is 16.4 Å². The molecule has 5 rings (SSSR count). The first-order valence-electron chi connectivity index (χ1n) is 11.4. The smallest absolute Gasteiger partial charge is 0.258 e. The van der Waals surface area contributed by atoms with Crippen molar-refractivity contribution in [2.75, 3.05) is 42.5 Å². The molecule has 1 saturated heterocycles. The molecule has 0 spiro atoms. The van der Waals surface area contributed by atoms with Crippen molar-refractivity contribution in [1.82, 2.24) is 4.31 Å². The number of anilines is 2. The van der Waals surface area contributed by atoms with E-state index in [1.54, 1.807) is 51.7 Å². The highest BCUT2D eigenvalue weighted by atomic mass is 35.5. The van der Waals surface area contributed by atoms with E-state index >= 15 is 0 Å². The zero-order chi connectivity index (χ0) is 23.7. The maximum absolute atomic E-state index is 13.4. The van der Waals surface area contributed by atoms with Crippen LogP contribution < -0.4 is 9.80 Å². The van der Waals surface area contributed by atoms with Gasteiger partial charge in [0.25, 0.3) is 5.91 Å². The van der Waals surface area contributed by atoms with E-state index in [0.717, 1.165) is 29.8 Å². The van der Waals surface area contributed by atoms with Crippen LogP contribution >= 0.6 is 11.6 Å². The minimum atomic E-state index is -3.61. The van der Waals surface area contributed by atoms with Crippen LogP contribution in [0.1, 0.15) is 22.3 Å². The van der Waals surface area contributed by atoms with Gasteiger partial charge in [0, 0.05) is 54.7 Å². The average Bonchev–Trinajstić information content (AvgIpc) is 2.88. The highest BCUT2D eigenvalue weighted by Gasteiger charge is 2.31. The molecule has 0 saturated carbocycles. The van der Waals surface area contributed by atoms with E-state index in [0.29, 0.717) is 48.2 Å². The van der Waals surface area contributed by atoms with Gasteiger partial charge < -0.3 is 9.80 Å². The van der Waals surface area contributed by atoms with Crippen molar-refractivity contribution in [3.8, 4) is 0 Å². The third-order valence-corrected chi connectivity index (χ3v) is 8.65. The van der Waals surface area contributed by atoms with E-state index in [1.807, 2.05) is 30.3 Å². The lowest BCUT2D eigenvalue weighted by Gasteiger charge is -2.35. The quantitative estimate of drug-likeness (QED) is 0.536. The summed E-state index contributed by atoms with van der Waals surface area (Å²) in [6.07, 6.45) is 1.52. The summed E-state index contributed by atoms with van der Waals surface area (Å²) in [5.41, 5.74) is 3.33. The van der Waals surface area contributed by atoms with E-state index in [1.165, 1.54) is 0 Å². The van der Waals surface area contributed by atoms with Gasteiger partial charge in [0.1, 0.15) is 0 Å². The molecule has 0 atom stereocenters. The van der Waals surface area contributed by atoms with Crippen LogP contribution in [0.25, 0.3) is 0 Å². The third kappa shape index (κ3) is 4.43. The number of carbonyl (C=O) groups is 1. The summed E-state index contributed by atoms with van der Waals surface area (Å²) in [4.78, 5) is 17.3. The monoisotopic (exact) mass is 495 g/mol. The predicted octanol–water partition coefficient (Wildman–Crippen LogP) is 4.44. The lowest BCUT2D eigenvalue weighted by molar-refractivity contribution is 0.0985. The second-order valence-corrected chi connectivity index (χ2v) is 11.0. The van der Waals surface area contributed by atoms with E-state index in [-0.39, 0.29) is 5.91 Å². The number of benzene rings is 3. The third-order valence-electron chi connectivity index (χ3n) is 6.50. The second kappa shape index (κ2) is 9.41. The molecular weight excluding hydrogens is 470 g/mol. The van der Waals surface area contributed by atoms with E-state index in [2.05, 4.69) is 4.90 Å². The number of hydrogen-bond donors (Lipinski definition) is 0. The molecule has 0 N–H and O–H groups in total. The van der Waals surface area contributed by atoms with Crippen LogP contribution in [0.2, 0.25) is 5.02 Å². The summed E-state index contributed by atoms with van der Waals surface area (Å²) in [6.45, 7) is 2.78. The summed E-state index contributed by atoms with van der Waals surface area (Å²) < 4.78 is 28.4. The molecule has 0 radical (unpaired) electrons. The van der Waals surface area contributed by atoms with Crippen molar-refractivity contribution in [3.05, 3.63) is 88.9 Å². The standard InChI is InChI=1S/C26H26ClN3O3S/c27-22-10-8-20(9-11-22)26(31)30-14-4-5-21-19-24(12-13-25(21)30)34(32,33)29-17-15-28(16-18-29)23-6-2-1-3-7-23/h1-3,6-13,19H,4-5,14-18H2. The lowest BCUT2D eigenvalue weighted by atomic mass is 10.0. The van der Waals surface area contributed by atoms with Gasteiger partial charge in [-0.25, -0.2) is 8.42 Å². The molecule has 0 aromatic heterocycles. The highest BCUT2D eigenvalue weighted by Crippen LogP contribution is 2.32. The van der Waals surface area contributed by atoms with Crippen LogP contribution in [0.5, 0.6) is 0 Å². The second-order valence-electron chi connectivity index (χ2n) is 8.58. The Kier molecular flexibility index (Phi) is 6.34. The van der Waals surface area contributed by atoms with Crippen molar-refractivity contribution in [2.45, 2.75) is 17.7 Å². The van der Waals surface area contributed by atoms with Gasteiger partial charge in [-0.15, -0.1) is 0 Å². The van der Waals surface area contributed by atoms with Gasteiger partial charge in [0.15, 0.2) is 0 Å². The molecule has 1 amide bonds. The molecule has 34 heavy (non-hydrogen) atoms. The van der Waals surface area contributed by atoms with Gasteiger partial charge in [-0.2, -0.15) is 4.31 Å². The molecule has 176 valence electrons. The average molecular weight is 496 g/mol. The molecular formula is C26H26ClN3O3S. The van der Waals surface area contributed by atoms with Gasteiger partial charge in [-0.05, 0) is 73.0 Å². The van der Waals surface area contributed by atoms with Crippen molar-refractivity contribution >= 4 is 38.9 Å². The molecule has 1 fully saturated rings. The molecule has 0 aliphatic carbocycles. The maximum atomic E-state index is 13.4. The Labute approximate surface area is 205 Å². The summed E-state index contributed by atoms with van der Waals surface area (Å²) >= 11 is 5.96. The topological polar surface area (TPSA) is 60.9 Å². The fourth-order valence-corrected chi connectivity index (χ4v) is 6.27. The number of fused-ring (bicyclic) bond motifs is 1. The molecule has 2 aliphatic rings. The van der Waals surface area contributed by atoms with Gasteiger partial charge in [0.2, 0.25) is 10.0 Å². The Bertz CT molecular complexity index is 1290. The number of rotatable bonds is 4. The number of hydrogen-bond acceptors (Lipinski definition) is 4. The SMILES string of the molecule is O=C(c1ccc(Cl)cc1)N1CCCc2cc(S(=O)(=O)N3CCN(c4ccccc4)CC3)ccc21. The Morgan fingerprint density at radius 1 is 0.824 bits per heavy atom. The number of halogens is 1. The van der Waals surface area contributed by atoms with Crippen LogP contribution in [0, 0.1) is 0 Å². The molecule has 2 aliphatic heterocycles. The number of piperazine rings is 1. The van der Waals surface area contributed by atoms with Gasteiger partial charge in [-0.3, -0.25) is 4.79 Å². The molecule has 8 heteroatoms. The van der Waals surface area contributed by atoms with Crippen LogP contribution in [0.3, 0.4) is 0 Å². The van der Waals surface area contributed by atoms with Crippen molar-refractivity contribution < 1.29 is 13.2 Å². The van der Waals surface area contributed by atoms with E-state index in [9.17, 15) is 13.2 Å². The zero-order valence-corrected chi connectivity index (χ0v) is 20.3. The van der Waals surface area contributed by atoms with Gasteiger partial charge in [-0.1, -0.05) is 29.8 Å². The fourth-order valence-electron chi connectivity index (χ4n) is 4.67. The molecule has 3 aromatic carbocycles. The van der Waals surface area contributed by atoms with E-state index < -0.39 is 10.0 Å². The summed E-state index contributed by atoms with van der Waals surface area (Å²) in [6, 6.07) is 22.0. The Morgan fingerprint density at radius 2 is 1.53 bits per heavy atom. The fraction of sp³-hybridized carbons (Fsp3) is 0.269. The maximum Gasteiger partial charge on any atom is 0.258 e. The number of carbonyl (C=O) groups excluding carboxylic acids is 1. The van der Waals surface area contributed by atoms with Crippen LogP contribution in [0.15, 0.2) is 77.7 Å². The molecule has 0 bridgehead atoms. The van der Waals surface area contributed by atoms with Crippen LogP contribution in [0.4, 0.5) is 11.4 Å². The molecule has 6 nitrogen and oxygen atoms in total. The van der Waals surface area contributed by atoms with Gasteiger partial charge >= 0.3 is 0 Å². The first-order chi connectivity index (χ1) is 16.4. The van der Waals surface area contributed by atoms with Crippen molar-refractivity contribution in [3.63, 3.8) is 0 Å². The largest absolute Gasteiger partial charge is 0.369 e. The molecule has 3 aromatic rings. The zero-order valence-electron chi connectivity index (χ0n) is 18.7. The van der Waals surface area contributed by atoms with Crippen molar-refractivity contribution in [2.24, 2.45) is 0 Å². The minimum absolute atomic E-state index is 0.106. The Morgan fingerprint density at radius 3 is 2.24 bits per heavy atom. The Hall–Kier alpha value is -2.87. The first kappa shape index (κ1) is 22.9. The summed E-state index contributed by atoms with van der Waals surface area (Å²) in [5, 5.41) is 0.579. The first-order valence-corrected chi connectivity index (χ1v) is 13.3. The number of sulfonamides is 1. The summed E-state index contributed by atoms with van der Waals surface area (Å²) in [7, 11) is -3.61. The number of amides is 1. The van der Waals surface area contributed by atoms with Gasteiger partial charge in [0.05, 0.1) is 4.90 Å². The number of aryl methyl sites for hydroxylation is 1.